The van der Waals surface area contributed by atoms with E-state index in [0.29, 0.717) is 29.8 Å². The van der Waals surface area contributed by atoms with Gasteiger partial charge in [-0.05, 0) is 48.2 Å². The molecule has 2 aromatic carbocycles. The third kappa shape index (κ3) is 7.52. The lowest BCUT2D eigenvalue weighted by Crippen LogP contribution is -2.44. The Kier molecular flexibility index (Phi) is 9.34. The third-order valence-corrected chi connectivity index (χ3v) is 6.59. The minimum absolute atomic E-state index is 0.0315. The Bertz CT molecular complexity index is 874. The molecule has 0 fully saturated rings. The summed E-state index contributed by atoms with van der Waals surface area (Å²) >= 11 is 0. The summed E-state index contributed by atoms with van der Waals surface area (Å²) in [7, 11) is -2.27. The minimum Gasteiger partial charge on any atom is -0.497 e. The molecule has 1 atom stereocenters. The summed E-state index contributed by atoms with van der Waals surface area (Å²) in [5, 5.41) is 10.9. The van der Waals surface area contributed by atoms with Gasteiger partial charge in [-0.15, -0.1) is 0 Å². The molecule has 2 rings (SSSR count). The second-order valence-electron chi connectivity index (χ2n) is 8.71. The molecule has 0 unspecified atom stereocenters. The van der Waals surface area contributed by atoms with Crippen LogP contribution >= 0.6 is 0 Å². The minimum atomic E-state index is -3.84. The number of nitrogens with zero attached hydrogens (tertiary/aromatic N) is 2. The molecule has 0 bridgehead atoms. The van der Waals surface area contributed by atoms with Crippen molar-refractivity contribution in [2.45, 2.75) is 38.7 Å². The molecule has 0 aliphatic carbocycles. The number of hydrogen-bond acceptors (Lipinski definition) is 5. The predicted molar refractivity (Wildman–Crippen MR) is 126 cm³/mol. The molecule has 6 nitrogen and oxygen atoms in total. The number of aliphatic hydroxyl groups excluding tert-OH is 1. The highest BCUT2D eigenvalue weighted by atomic mass is 32.2. The normalized spacial score (nSPS) is 13.1. The van der Waals surface area contributed by atoms with Crippen molar-refractivity contribution in [3.05, 3.63) is 54.6 Å². The molecular formula is C24H36N2O4S. The first-order chi connectivity index (χ1) is 14.6. The molecule has 0 heterocycles. The molecule has 7 heteroatoms. The van der Waals surface area contributed by atoms with E-state index in [9.17, 15) is 13.5 Å². The molecule has 0 saturated carbocycles. The summed E-state index contributed by atoms with van der Waals surface area (Å²) in [5.41, 5.74) is 0.489. The van der Waals surface area contributed by atoms with E-state index in [0.717, 1.165) is 13.1 Å². The Balaban J connectivity index is 2.31. The molecule has 0 aliphatic heterocycles. The summed E-state index contributed by atoms with van der Waals surface area (Å²) in [6, 6.07) is 15.2. The molecule has 0 aromatic heterocycles. The SMILES string of the molecule is COc1ccc(N(C[C@@H](O)CN(CC(C)C)CC(C)C)S(=O)(=O)c2ccccc2)cc1. The predicted octanol–water partition coefficient (Wildman–Crippen LogP) is 3.87. The van der Waals surface area contributed by atoms with Gasteiger partial charge in [0.05, 0.1) is 30.3 Å². The maximum Gasteiger partial charge on any atom is 0.264 e. The summed E-state index contributed by atoms with van der Waals surface area (Å²) in [4.78, 5) is 2.40. The van der Waals surface area contributed by atoms with Crippen molar-refractivity contribution in [3.63, 3.8) is 0 Å². The summed E-state index contributed by atoms with van der Waals surface area (Å²) < 4.78 is 33.4. The van der Waals surface area contributed by atoms with E-state index in [4.69, 9.17) is 4.74 Å². The Labute approximate surface area is 187 Å². The van der Waals surface area contributed by atoms with E-state index in [-0.39, 0.29) is 11.4 Å². The highest BCUT2D eigenvalue weighted by Crippen LogP contribution is 2.26. The number of hydrogen-bond donors (Lipinski definition) is 1. The van der Waals surface area contributed by atoms with Gasteiger partial charge in [0.2, 0.25) is 0 Å². The molecule has 31 heavy (non-hydrogen) atoms. The van der Waals surface area contributed by atoms with Crippen LogP contribution in [0.15, 0.2) is 59.5 Å². The highest BCUT2D eigenvalue weighted by molar-refractivity contribution is 7.92. The van der Waals surface area contributed by atoms with Crippen LogP contribution in [-0.4, -0.2) is 57.8 Å². The van der Waals surface area contributed by atoms with Gasteiger partial charge in [0.25, 0.3) is 10.0 Å². The van der Waals surface area contributed by atoms with Crippen molar-refractivity contribution in [1.82, 2.24) is 4.90 Å². The van der Waals surface area contributed by atoms with Gasteiger partial charge in [0, 0.05) is 19.6 Å². The summed E-state index contributed by atoms with van der Waals surface area (Å²) in [6.45, 7) is 10.6. The lowest BCUT2D eigenvalue weighted by atomic mass is 10.1. The summed E-state index contributed by atoms with van der Waals surface area (Å²) in [6.07, 6.45) is -0.835. The monoisotopic (exact) mass is 448 g/mol. The molecule has 172 valence electrons. The van der Waals surface area contributed by atoms with E-state index in [1.165, 1.54) is 4.31 Å². The number of benzene rings is 2. The second kappa shape index (κ2) is 11.5. The summed E-state index contributed by atoms with van der Waals surface area (Å²) in [5.74, 6) is 1.55. The van der Waals surface area contributed by atoms with Gasteiger partial charge in [-0.25, -0.2) is 8.42 Å². The van der Waals surface area contributed by atoms with Crippen LogP contribution < -0.4 is 9.04 Å². The van der Waals surface area contributed by atoms with Crippen LogP contribution in [0.4, 0.5) is 5.69 Å². The topological polar surface area (TPSA) is 70.1 Å². The Hall–Kier alpha value is -2.09. The maximum absolute atomic E-state index is 13.4. The first-order valence-electron chi connectivity index (χ1n) is 10.8. The fourth-order valence-corrected chi connectivity index (χ4v) is 5.14. The van der Waals surface area contributed by atoms with E-state index in [1.54, 1.807) is 61.7 Å². The third-order valence-electron chi connectivity index (χ3n) is 4.78. The van der Waals surface area contributed by atoms with Crippen LogP contribution in [0.1, 0.15) is 27.7 Å². The number of ether oxygens (including phenoxy) is 1. The van der Waals surface area contributed by atoms with Gasteiger partial charge in [-0.2, -0.15) is 0 Å². The van der Waals surface area contributed by atoms with Crippen molar-refractivity contribution in [2.75, 3.05) is 37.6 Å². The van der Waals surface area contributed by atoms with Gasteiger partial charge < -0.3 is 14.7 Å². The zero-order valence-electron chi connectivity index (χ0n) is 19.2. The number of rotatable bonds is 12. The van der Waals surface area contributed by atoms with Crippen LogP contribution in [-0.2, 0) is 10.0 Å². The van der Waals surface area contributed by atoms with Gasteiger partial charge in [-0.1, -0.05) is 45.9 Å². The number of methoxy groups -OCH3 is 1. The standard InChI is InChI=1S/C24H36N2O4S/c1-19(2)15-25(16-20(3)4)17-22(27)18-26(21-11-13-23(30-5)14-12-21)31(28,29)24-9-7-6-8-10-24/h6-14,19-20,22,27H,15-18H2,1-5H3/t22-/m0/s1. The molecule has 0 amide bonds. The molecule has 1 N–H and O–H groups in total. The largest absolute Gasteiger partial charge is 0.497 e. The van der Waals surface area contributed by atoms with Crippen LogP contribution in [0, 0.1) is 11.8 Å². The van der Waals surface area contributed by atoms with E-state index < -0.39 is 16.1 Å². The zero-order chi connectivity index (χ0) is 23.0. The van der Waals surface area contributed by atoms with Crippen LogP contribution in [0.3, 0.4) is 0 Å². The number of aliphatic hydroxyl groups is 1. The molecule has 0 spiro atoms. The van der Waals surface area contributed by atoms with Gasteiger partial charge in [0.15, 0.2) is 0 Å². The number of anilines is 1. The van der Waals surface area contributed by atoms with E-state index >= 15 is 0 Å². The van der Waals surface area contributed by atoms with Gasteiger partial charge >= 0.3 is 0 Å². The van der Waals surface area contributed by atoms with Crippen LogP contribution in [0.2, 0.25) is 0 Å². The molecule has 0 saturated heterocycles. The fourth-order valence-electron chi connectivity index (χ4n) is 3.61. The Morgan fingerprint density at radius 1 is 0.839 bits per heavy atom. The first kappa shape index (κ1) is 25.2. The average molecular weight is 449 g/mol. The second-order valence-corrected chi connectivity index (χ2v) is 10.6. The highest BCUT2D eigenvalue weighted by Gasteiger charge is 2.28. The van der Waals surface area contributed by atoms with Crippen molar-refractivity contribution in [1.29, 1.82) is 0 Å². The maximum atomic E-state index is 13.4. The smallest absolute Gasteiger partial charge is 0.264 e. The quantitative estimate of drug-likeness (QED) is 0.534. The fraction of sp³-hybridized carbons (Fsp3) is 0.500. The van der Waals surface area contributed by atoms with Crippen LogP contribution in [0.5, 0.6) is 5.75 Å². The van der Waals surface area contributed by atoms with Crippen molar-refractivity contribution in [2.24, 2.45) is 11.8 Å². The first-order valence-corrected chi connectivity index (χ1v) is 12.2. The lowest BCUT2D eigenvalue weighted by Gasteiger charge is -2.31. The molecule has 2 aromatic rings. The zero-order valence-corrected chi connectivity index (χ0v) is 20.0. The molecule has 0 radical (unpaired) electrons. The Morgan fingerprint density at radius 3 is 1.87 bits per heavy atom. The lowest BCUT2D eigenvalue weighted by molar-refractivity contribution is 0.104. The van der Waals surface area contributed by atoms with Gasteiger partial charge in [-0.3, -0.25) is 4.31 Å². The number of sulfonamides is 1. The van der Waals surface area contributed by atoms with Gasteiger partial charge in [0.1, 0.15) is 5.75 Å². The molecule has 0 aliphatic rings. The average Bonchev–Trinajstić information content (AvgIpc) is 2.71. The van der Waals surface area contributed by atoms with Crippen molar-refractivity contribution < 1.29 is 18.3 Å². The van der Waals surface area contributed by atoms with E-state index in [1.807, 2.05) is 0 Å². The van der Waals surface area contributed by atoms with Crippen molar-refractivity contribution >= 4 is 15.7 Å². The Morgan fingerprint density at radius 2 is 1.39 bits per heavy atom. The van der Waals surface area contributed by atoms with Crippen LogP contribution in [0.25, 0.3) is 0 Å². The van der Waals surface area contributed by atoms with Crippen molar-refractivity contribution in [3.8, 4) is 5.75 Å². The van der Waals surface area contributed by atoms with E-state index in [2.05, 4.69) is 32.6 Å². The molecular weight excluding hydrogens is 412 g/mol.